The number of rotatable bonds is 1. The van der Waals surface area contributed by atoms with Crippen LogP contribution in [-0.2, 0) is 0 Å². The molecule has 78 valence electrons. The van der Waals surface area contributed by atoms with Crippen molar-refractivity contribution in [3.8, 4) is 0 Å². The molecule has 1 fully saturated rings. The van der Waals surface area contributed by atoms with Crippen LogP contribution in [0.2, 0.25) is 0 Å². The number of hydrogen-bond acceptors (Lipinski definition) is 3. The summed E-state index contributed by atoms with van der Waals surface area (Å²) in [6.07, 6.45) is 4.65. The van der Waals surface area contributed by atoms with Gasteiger partial charge < -0.3 is 10.2 Å². The van der Waals surface area contributed by atoms with E-state index in [0.29, 0.717) is 0 Å². The lowest BCUT2D eigenvalue weighted by Crippen LogP contribution is -2.29. The molecule has 0 amide bonds. The van der Waals surface area contributed by atoms with Crippen molar-refractivity contribution in [1.82, 2.24) is 4.98 Å². The van der Waals surface area contributed by atoms with E-state index >= 15 is 0 Å². The standard InChI is InChI=1S/C12H15N3/c1-8-7-15(2)12-11(14-8)5-10(6-13-12)9-3-4-9/h5-6,9,14H,1,3-4,7H2,2H3. The van der Waals surface area contributed by atoms with Gasteiger partial charge in [0.15, 0.2) is 5.82 Å². The summed E-state index contributed by atoms with van der Waals surface area (Å²) in [7, 11) is 2.05. The Morgan fingerprint density at radius 3 is 3.07 bits per heavy atom. The second kappa shape index (κ2) is 2.99. The Morgan fingerprint density at radius 1 is 1.53 bits per heavy atom. The van der Waals surface area contributed by atoms with Gasteiger partial charge in [0, 0.05) is 18.9 Å². The molecule has 2 heterocycles. The van der Waals surface area contributed by atoms with Gasteiger partial charge in [0.05, 0.1) is 12.2 Å². The quantitative estimate of drug-likeness (QED) is 0.756. The molecule has 1 aromatic heterocycles. The van der Waals surface area contributed by atoms with Gasteiger partial charge in [-0.2, -0.15) is 0 Å². The number of nitrogens with one attached hydrogen (secondary N) is 1. The van der Waals surface area contributed by atoms with E-state index in [1.807, 2.05) is 6.20 Å². The number of likely N-dealkylation sites (N-methyl/N-ethyl adjacent to an activating group) is 1. The van der Waals surface area contributed by atoms with E-state index in [1.165, 1.54) is 18.4 Å². The van der Waals surface area contributed by atoms with Gasteiger partial charge in [-0.1, -0.05) is 6.58 Å². The van der Waals surface area contributed by atoms with E-state index in [1.54, 1.807) is 0 Å². The van der Waals surface area contributed by atoms with Crippen molar-refractivity contribution in [2.24, 2.45) is 0 Å². The van der Waals surface area contributed by atoms with Gasteiger partial charge in [-0.3, -0.25) is 0 Å². The summed E-state index contributed by atoms with van der Waals surface area (Å²) in [6, 6.07) is 2.22. The Kier molecular flexibility index (Phi) is 1.75. The van der Waals surface area contributed by atoms with E-state index in [9.17, 15) is 0 Å². The molecular formula is C12H15N3. The van der Waals surface area contributed by atoms with Gasteiger partial charge in [0.2, 0.25) is 0 Å². The average Bonchev–Trinajstić information content (AvgIpc) is 2.99. The summed E-state index contributed by atoms with van der Waals surface area (Å²) in [4.78, 5) is 6.65. The highest BCUT2D eigenvalue weighted by molar-refractivity contribution is 5.72. The highest BCUT2D eigenvalue weighted by Crippen LogP contribution is 2.42. The first-order chi connectivity index (χ1) is 7.24. The smallest absolute Gasteiger partial charge is 0.152 e. The van der Waals surface area contributed by atoms with E-state index in [4.69, 9.17) is 0 Å². The minimum Gasteiger partial charge on any atom is -0.355 e. The molecule has 0 saturated heterocycles. The van der Waals surface area contributed by atoms with Crippen molar-refractivity contribution in [2.45, 2.75) is 18.8 Å². The Hall–Kier alpha value is -1.51. The molecular weight excluding hydrogens is 186 g/mol. The van der Waals surface area contributed by atoms with Crippen LogP contribution in [0.3, 0.4) is 0 Å². The van der Waals surface area contributed by atoms with Crippen LogP contribution in [0.15, 0.2) is 24.5 Å². The third-order valence-electron chi connectivity index (χ3n) is 3.04. The Morgan fingerprint density at radius 2 is 2.33 bits per heavy atom. The summed E-state index contributed by atoms with van der Waals surface area (Å²) < 4.78 is 0. The van der Waals surface area contributed by atoms with Crippen LogP contribution >= 0.6 is 0 Å². The normalized spacial score (nSPS) is 19.8. The van der Waals surface area contributed by atoms with Crippen LogP contribution in [0.1, 0.15) is 24.3 Å². The molecule has 0 unspecified atom stereocenters. The van der Waals surface area contributed by atoms with Crippen molar-refractivity contribution < 1.29 is 0 Å². The number of nitrogens with zero attached hydrogens (tertiary/aromatic N) is 2. The summed E-state index contributed by atoms with van der Waals surface area (Å²) in [5.41, 5.74) is 3.52. The molecule has 1 aromatic rings. The molecule has 3 rings (SSSR count). The Balaban J connectivity index is 2.02. The summed E-state index contributed by atoms with van der Waals surface area (Å²) >= 11 is 0. The van der Waals surface area contributed by atoms with Gasteiger partial charge in [0.1, 0.15) is 0 Å². The number of hydrogen-bond donors (Lipinski definition) is 1. The lowest BCUT2D eigenvalue weighted by atomic mass is 10.1. The Bertz CT molecular complexity index is 421. The lowest BCUT2D eigenvalue weighted by Gasteiger charge is -2.29. The zero-order chi connectivity index (χ0) is 10.4. The fraction of sp³-hybridized carbons (Fsp3) is 0.417. The first-order valence-electron chi connectivity index (χ1n) is 5.40. The predicted molar refractivity (Wildman–Crippen MR) is 62.2 cm³/mol. The van der Waals surface area contributed by atoms with Gasteiger partial charge >= 0.3 is 0 Å². The highest BCUT2D eigenvalue weighted by atomic mass is 15.2. The highest BCUT2D eigenvalue weighted by Gasteiger charge is 2.26. The fourth-order valence-corrected chi connectivity index (χ4v) is 2.10. The fourth-order valence-electron chi connectivity index (χ4n) is 2.10. The largest absolute Gasteiger partial charge is 0.355 e. The van der Waals surface area contributed by atoms with Gasteiger partial charge in [-0.25, -0.2) is 4.98 Å². The van der Waals surface area contributed by atoms with Crippen molar-refractivity contribution in [3.05, 3.63) is 30.1 Å². The number of aromatic nitrogens is 1. The molecule has 1 aliphatic heterocycles. The lowest BCUT2D eigenvalue weighted by molar-refractivity contribution is 0.923. The summed E-state index contributed by atoms with van der Waals surface area (Å²) in [5.74, 6) is 1.79. The van der Waals surface area contributed by atoms with E-state index in [2.05, 4.69) is 34.9 Å². The minimum absolute atomic E-state index is 0.755. The average molecular weight is 201 g/mol. The van der Waals surface area contributed by atoms with E-state index in [-0.39, 0.29) is 0 Å². The second-order valence-electron chi connectivity index (χ2n) is 4.50. The molecule has 2 aliphatic rings. The SMILES string of the molecule is C=C1CN(C)c2ncc(C3CC3)cc2N1. The van der Waals surface area contributed by atoms with Crippen LogP contribution in [-0.4, -0.2) is 18.6 Å². The van der Waals surface area contributed by atoms with E-state index in [0.717, 1.165) is 29.7 Å². The van der Waals surface area contributed by atoms with Gasteiger partial charge in [-0.05, 0) is 30.4 Å². The molecule has 0 radical (unpaired) electrons. The van der Waals surface area contributed by atoms with Crippen LogP contribution in [0.5, 0.6) is 0 Å². The molecule has 0 spiro atoms. The third kappa shape index (κ3) is 1.48. The summed E-state index contributed by atoms with van der Waals surface area (Å²) in [5, 5.41) is 3.31. The molecule has 0 bridgehead atoms. The zero-order valence-corrected chi connectivity index (χ0v) is 8.95. The maximum atomic E-state index is 4.52. The van der Waals surface area contributed by atoms with Crippen LogP contribution in [0, 0.1) is 0 Å². The van der Waals surface area contributed by atoms with Crippen molar-refractivity contribution in [2.75, 3.05) is 23.8 Å². The van der Waals surface area contributed by atoms with Crippen LogP contribution in [0.4, 0.5) is 11.5 Å². The van der Waals surface area contributed by atoms with Gasteiger partial charge in [0.25, 0.3) is 0 Å². The van der Waals surface area contributed by atoms with Crippen molar-refractivity contribution in [1.29, 1.82) is 0 Å². The molecule has 3 heteroatoms. The van der Waals surface area contributed by atoms with Crippen molar-refractivity contribution >= 4 is 11.5 Å². The maximum Gasteiger partial charge on any atom is 0.152 e. The maximum absolute atomic E-state index is 4.52. The number of fused-ring (bicyclic) bond motifs is 1. The van der Waals surface area contributed by atoms with Crippen LogP contribution < -0.4 is 10.2 Å². The number of anilines is 2. The molecule has 0 aromatic carbocycles. The first kappa shape index (κ1) is 8.77. The predicted octanol–water partition coefficient (Wildman–Crippen LogP) is 2.33. The third-order valence-corrected chi connectivity index (χ3v) is 3.04. The van der Waals surface area contributed by atoms with Gasteiger partial charge in [-0.15, -0.1) is 0 Å². The first-order valence-corrected chi connectivity index (χ1v) is 5.40. The summed E-state index contributed by atoms with van der Waals surface area (Å²) in [6.45, 7) is 4.81. The minimum atomic E-state index is 0.755. The topological polar surface area (TPSA) is 28.2 Å². The monoisotopic (exact) mass is 201 g/mol. The van der Waals surface area contributed by atoms with Crippen LogP contribution in [0.25, 0.3) is 0 Å². The molecule has 1 saturated carbocycles. The molecule has 3 nitrogen and oxygen atoms in total. The molecule has 15 heavy (non-hydrogen) atoms. The van der Waals surface area contributed by atoms with Crippen molar-refractivity contribution in [3.63, 3.8) is 0 Å². The second-order valence-corrected chi connectivity index (χ2v) is 4.50. The zero-order valence-electron chi connectivity index (χ0n) is 8.95. The molecule has 1 N–H and O–H groups in total. The van der Waals surface area contributed by atoms with E-state index < -0.39 is 0 Å². The number of pyridine rings is 1. The molecule has 0 atom stereocenters. The molecule has 1 aliphatic carbocycles. The Labute approximate surface area is 89.8 Å².